The van der Waals surface area contributed by atoms with Gasteiger partial charge < -0.3 is 5.11 Å². The minimum Gasteiger partial charge on any atom is -0.388 e. The largest absolute Gasteiger partial charge is 0.388 e. The smallest absolute Gasteiger partial charge is 0.0815 e. The van der Waals surface area contributed by atoms with Gasteiger partial charge in [-0.05, 0) is 29.9 Å². The molecule has 0 aromatic heterocycles. The molecule has 1 N–H and O–H groups in total. The molecule has 1 aromatic carbocycles. The van der Waals surface area contributed by atoms with E-state index in [4.69, 9.17) is 0 Å². The molecule has 0 fully saturated rings. The predicted octanol–water partition coefficient (Wildman–Crippen LogP) is 3.72. The molecule has 0 aliphatic rings. The molecule has 1 rings (SSSR count). The summed E-state index contributed by atoms with van der Waals surface area (Å²) in [6, 6.07) is 8.30. The molecule has 0 aliphatic carbocycles. The Morgan fingerprint density at radius 2 is 2.00 bits per heavy atom. The van der Waals surface area contributed by atoms with E-state index in [9.17, 15) is 5.11 Å². The van der Waals surface area contributed by atoms with Crippen LogP contribution in [-0.2, 0) is 6.42 Å². The van der Waals surface area contributed by atoms with E-state index in [-0.39, 0.29) is 6.10 Å². The molecule has 1 nitrogen and oxygen atoms in total. The minimum atomic E-state index is -0.309. The molecule has 2 unspecified atom stereocenters. The van der Waals surface area contributed by atoms with Gasteiger partial charge in [0.25, 0.3) is 0 Å². The highest BCUT2D eigenvalue weighted by Crippen LogP contribution is 2.25. The Bertz CT molecular complexity index is 293. The highest BCUT2D eigenvalue weighted by atomic mass is 16.3. The van der Waals surface area contributed by atoms with Crippen molar-refractivity contribution in [2.24, 2.45) is 5.92 Å². The molecular weight excluding hydrogens is 184 g/mol. The van der Waals surface area contributed by atoms with Crippen LogP contribution in [0.25, 0.3) is 0 Å². The number of aliphatic hydroxyl groups is 1. The Kier molecular flexibility index (Phi) is 4.83. The molecule has 1 heteroatoms. The van der Waals surface area contributed by atoms with Gasteiger partial charge in [-0.2, -0.15) is 0 Å². The fourth-order valence-electron chi connectivity index (χ4n) is 1.94. The van der Waals surface area contributed by atoms with E-state index >= 15 is 0 Å². The van der Waals surface area contributed by atoms with Crippen molar-refractivity contribution in [3.8, 4) is 0 Å². The van der Waals surface area contributed by atoms with E-state index in [1.54, 1.807) is 0 Å². The second kappa shape index (κ2) is 5.92. The Balaban J connectivity index is 2.76. The molecule has 0 heterocycles. The first-order chi connectivity index (χ1) is 7.19. The van der Waals surface area contributed by atoms with Gasteiger partial charge in [0.1, 0.15) is 0 Å². The van der Waals surface area contributed by atoms with Gasteiger partial charge in [-0.3, -0.25) is 0 Å². The number of hydrogen-bond acceptors (Lipinski definition) is 1. The van der Waals surface area contributed by atoms with Crippen LogP contribution >= 0.6 is 0 Å². The summed E-state index contributed by atoms with van der Waals surface area (Å²) >= 11 is 0. The summed E-state index contributed by atoms with van der Waals surface area (Å²) in [7, 11) is 0. The number of aryl methyl sites for hydroxylation is 1. The maximum Gasteiger partial charge on any atom is 0.0815 e. The molecule has 0 radical (unpaired) electrons. The Labute approximate surface area is 93.1 Å². The topological polar surface area (TPSA) is 20.2 Å². The van der Waals surface area contributed by atoms with Gasteiger partial charge >= 0.3 is 0 Å². The van der Waals surface area contributed by atoms with Gasteiger partial charge in [0, 0.05) is 0 Å². The van der Waals surface area contributed by atoms with E-state index in [1.807, 2.05) is 12.1 Å². The second-order valence-electron chi connectivity index (χ2n) is 4.31. The second-order valence-corrected chi connectivity index (χ2v) is 4.31. The third-order valence-corrected chi connectivity index (χ3v) is 2.98. The predicted molar refractivity (Wildman–Crippen MR) is 64.9 cm³/mol. The van der Waals surface area contributed by atoms with Crippen molar-refractivity contribution in [2.75, 3.05) is 0 Å². The Morgan fingerprint density at radius 1 is 1.27 bits per heavy atom. The summed E-state index contributed by atoms with van der Waals surface area (Å²) in [5.41, 5.74) is 2.37. The van der Waals surface area contributed by atoms with E-state index in [0.29, 0.717) is 5.92 Å². The zero-order valence-corrected chi connectivity index (χ0v) is 10.0. The van der Waals surface area contributed by atoms with Gasteiger partial charge in [-0.15, -0.1) is 0 Å². The highest BCUT2D eigenvalue weighted by Gasteiger charge is 2.15. The van der Waals surface area contributed by atoms with Crippen molar-refractivity contribution in [3.63, 3.8) is 0 Å². The summed E-state index contributed by atoms with van der Waals surface area (Å²) in [4.78, 5) is 0. The first kappa shape index (κ1) is 12.3. The molecule has 0 saturated heterocycles. The highest BCUT2D eigenvalue weighted by molar-refractivity contribution is 5.25. The SMILES string of the molecule is CCCC(C)C(O)c1cccc(CC)c1. The minimum absolute atomic E-state index is 0.309. The normalized spacial score (nSPS) is 14.9. The standard InChI is InChI=1S/C14H22O/c1-4-7-11(3)14(15)13-9-6-8-12(5-2)10-13/h6,8-11,14-15H,4-5,7H2,1-3H3. The van der Waals surface area contributed by atoms with Crippen molar-refractivity contribution < 1.29 is 5.11 Å². The average molecular weight is 206 g/mol. The van der Waals surface area contributed by atoms with Crippen LogP contribution in [0, 0.1) is 5.92 Å². The quantitative estimate of drug-likeness (QED) is 0.778. The Morgan fingerprint density at radius 3 is 2.60 bits per heavy atom. The fraction of sp³-hybridized carbons (Fsp3) is 0.571. The number of hydrogen-bond donors (Lipinski definition) is 1. The molecule has 1 aromatic rings. The van der Waals surface area contributed by atoms with Crippen molar-refractivity contribution in [1.82, 2.24) is 0 Å². The van der Waals surface area contributed by atoms with Crippen molar-refractivity contribution >= 4 is 0 Å². The van der Waals surface area contributed by atoms with Crippen LogP contribution in [0.3, 0.4) is 0 Å². The van der Waals surface area contributed by atoms with E-state index in [1.165, 1.54) is 5.56 Å². The lowest BCUT2D eigenvalue weighted by atomic mass is 9.92. The van der Waals surface area contributed by atoms with Gasteiger partial charge in [0.2, 0.25) is 0 Å². The lowest BCUT2D eigenvalue weighted by molar-refractivity contribution is 0.112. The molecule has 0 amide bonds. The van der Waals surface area contributed by atoms with Crippen LogP contribution in [0.15, 0.2) is 24.3 Å². The molecule has 0 bridgehead atoms. The molecule has 2 atom stereocenters. The van der Waals surface area contributed by atoms with Crippen LogP contribution in [0.2, 0.25) is 0 Å². The number of rotatable bonds is 5. The van der Waals surface area contributed by atoms with Crippen LogP contribution in [0.4, 0.5) is 0 Å². The van der Waals surface area contributed by atoms with Gasteiger partial charge in [-0.25, -0.2) is 0 Å². The summed E-state index contributed by atoms with van der Waals surface area (Å²) in [5.74, 6) is 0.349. The average Bonchev–Trinajstić information content (AvgIpc) is 2.28. The van der Waals surface area contributed by atoms with Crippen LogP contribution in [-0.4, -0.2) is 5.11 Å². The summed E-state index contributed by atoms with van der Waals surface area (Å²) < 4.78 is 0. The molecular formula is C14H22O. The van der Waals surface area contributed by atoms with Crippen molar-refractivity contribution in [1.29, 1.82) is 0 Å². The van der Waals surface area contributed by atoms with Crippen LogP contribution in [0.5, 0.6) is 0 Å². The van der Waals surface area contributed by atoms with Crippen LogP contribution < -0.4 is 0 Å². The summed E-state index contributed by atoms with van der Waals surface area (Å²) in [5, 5.41) is 10.1. The summed E-state index contributed by atoms with van der Waals surface area (Å²) in [6.07, 6.45) is 2.93. The third kappa shape index (κ3) is 3.35. The Hall–Kier alpha value is -0.820. The lowest BCUT2D eigenvalue weighted by Gasteiger charge is -2.19. The van der Waals surface area contributed by atoms with Crippen molar-refractivity contribution in [3.05, 3.63) is 35.4 Å². The molecule has 84 valence electrons. The van der Waals surface area contributed by atoms with E-state index in [0.717, 1.165) is 24.8 Å². The molecule has 0 spiro atoms. The van der Waals surface area contributed by atoms with Gasteiger partial charge in [0.05, 0.1) is 6.10 Å². The fourth-order valence-corrected chi connectivity index (χ4v) is 1.94. The first-order valence-electron chi connectivity index (χ1n) is 5.95. The van der Waals surface area contributed by atoms with Crippen molar-refractivity contribution in [2.45, 2.75) is 46.1 Å². The van der Waals surface area contributed by atoms with E-state index < -0.39 is 0 Å². The molecule has 0 aliphatic heterocycles. The summed E-state index contributed by atoms with van der Waals surface area (Å²) in [6.45, 7) is 6.42. The zero-order valence-electron chi connectivity index (χ0n) is 10.0. The third-order valence-electron chi connectivity index (χ3n) is 2.98. The number of aliphatic hydroxyl groups excluding tert-OH is 1. The lowest BCUT2D eigenvalue weighted by Crippen LogP contribution is -2.09. The molecule has 0 saturated carbocycles. The molecule has 15 heavy (non-hydrogen) atoms. The van der Waals surface area contributed by atoms with Crippen LogP contribution in [0.1, 0.15) is 50.8 Å². The monoisotopic (exact) mass is 206 g/mol. The maximum absolute atomic E-state index is 10.1. The van der Waals surface area contributed by atoms with Gasteiger partial charge in [-0.1, -0.05) is 51.5 Å². The number of benzene rings is 1. The van der Waals surface area contributed by atoms with Gasteiger partial charge in [0.15, 0.2) is 0 Å². The first-order valence-corrected chi connectivity index (χ1v) is 5.95. The zero-order chi connectivity index (χ0) is 11.3. The maximum atomic E-state index is 10.1. The van der Waals surface area contributed by atoms with E-state index in [2.05, 4.69) is 32.9 Å².